The molecule has 1 atom stereocenters. The van der Waals surface area contributed by atoms with Gasteiger partial charge in [0.15, 0.2) is 5.82 Å². The molecule has 0 saturated heterocycles. The Morgan fingerprint density at radius 2 is 0.964 bits per heavy atom. The fourth-order valence-corrected chi connectivity index (χ4v) is 9.22. The highest BCUT2D eigenvalue weighted by molar-refractivity contribution is 6.20. The quantitative estimate of drug-likeness (QED) is 0.131. The summed E-state index contributed by atoms with van der Waals surface area (Å²) in [6, 6.07) is 72.3. The van der Waals surface area contributed by atoms with Crippen LogP contribution in [0.2, 0.25) is 0 Å². The maximum absolute atomic E-state index is 5.49. The summed E-state index contributed by atoms with van der Waals surface area (Å²) < 4.78 is 0. The van der Waals surface area contributed by atoms with Crippen LogP contribution in [-0.4, -0.2) is 9.97 Å². The van der Waals surface area contributed by atoms with E-state index in [0.717, 1.165) is 33.6 Å². The third-order valence-corrected chi connectivity index (χ3v) is 12.0. The molecule has 0 aliphatic heterocycles. The Bertz CT molecular complexity index is 3130. The van der Waals surface area contributed by atoms with Gasteiger partial charge in [-0.1, -0.05) is 188 Å². The number of rotatable bonds is 5. The first kappa shape index (κ1) is 32.3. The van der Waals surface area contributed by atoms with Gasteiger partial charge >= 0.3 is 0 Å². The van der Waals surface area contributed by atoms with Gasteiger partial charge in [-0.05, 0) is 90.3 Å². The normalized spacial score (nSPS) is 14.6. The largest absolute Gasteiger partial charge is 0.228 e. The lowest BCUT2D eigenvalue weighted by Gasteiger charge is -2.28. The summed E-state index contributed by atoms with van der Waals surface area (Å²) in [5.41, 5.74) is 13.4. The van der Waals surface area contributed by atoms with E-state index in [1.54, 1.807) is 0 Å². The molecule has 2 heteroatoms. The molecule has 0 bridgehead atoms. The van der Waals surface area contributed by atoms with E-state index in [4.69, 9.17) is 9.97 Å². The van der Waals surface area contributed by atoms with Gasteiger partial charge in [0.2, 0.25) is 0 Å². The second-order valence-electron chi connectivity index (χ2n) is 15.0. The first-order valence-electron chi connectivity index (χ1n) is 19.3. The third kappa shape index (κ3) is 4.96. The van der Waals surface area contributed by atoms with Crippen molar-refractivity contribution in [1.82, 2.24) is 9.97 Å². The summed E-state index contributed by atoms with van der Waals surface area (Å²) in [5, 5.41) is 7.22. The number of aromatic nitrogens is 2. The van der Waals surface area contributed by atoms with E-state index in [9.17, 15) is 0 Å². The minimum atomic E-state index is -0.317. The first-order valence-corrected chi connectivity index (χ1v) is 19.3. The van der Waals surface area contributed by atoms with Crippen molar-refractivity contribution in [2.75, 3.05) is 0 Å². The fourth-order valence-electron chi connectivity index (χ4n) is 9.22. The summed E-state index contributed by atoms with van der Waals surface area (Å²) in [6.45, 7) is 2.37. The van der Waals surface area contributed by atoms with Crippen LogP contribution in [0.5, 0.6) is 0 Å². The van der Waals surface area contributed by atoms with Crippen LogP contribution in [0.1, 0.15) is 23.6 Å². The Morgan fingerprint density at radius 3 is 1.79 bits per heavy atom. The Kier molecular flexibility index (Phi) is 7.33. The summed E-state index contributed by atoms with van der Waals surface area (Å²) in [5.74, 6) is 0.702. The summed E-state index contributed by atoms with van der Waals surface area (Å²) in [6.07, 6.45) is 0. The Hall–Kier alpha value is -7.16. The zero-order valence-corrected chi connectivity index (χ0v) is 30.9. The highest BCUT2D eigenvalue weighted by Crippen LogP contribution is 2.55. The molecule has 2 nitrogen and oxygen atoms in total. The molecule has 0 radical (unpaired) electrons. The van der Waals surface area contributed by atoms with E-state index in [1.165, 1.54) is 65.7 Å². The minimum Gasteiger partial charge on any atom is -0.228 e. The highest BCUT2D eigenvalue weighted by Gasteiger charge is 2.41. The number of fused-ring (bicyclic) bond motifs is 7. The molecule has 9 aromatic carbocycles. The van der Waals surface area contributed by atoms with Crippen molar-refractivity contribution in [1.29, 1.82) is 0 Å². The van der Waals surface area contributed by atoms with Crippen LogP contribution >= 0.6 is 0 Å². The molecule has 0 fully saturated rings. The Morgan fingerprint density at radius 1 is 0.357 bits per heavy atom. The second-order valence-corrected chi connectivity index (χ2v) is 15.0. The zero-order chi connectivity index (χ0) is 37.2. The van der Waals surface area contributed by atoms with E-state index in [0.29, 0.717) is 5.82 Å². The van der Waals surface area contributed by atoms with E-state index < -0.39 is 0 Å². The number of hydrogen-bond donors (Lipinski definition) is 0. The Labute approximate surface area is 326 Å². The molecule has 1 aliphatic rings. The van der Waals surface area contributed by atoms with Crippen LogP contribution in [0.3, 0.4) is 0 Å². The van der Waals surface area contributed by atoms with E-state index in [2.05, 4.69) is 207 Å². The van der Waals surface area contributed by atoms with Gasteiger partial charge in [0.1, 0.15) is 0 Å². The number of benzene rings is 9. The molecule has 10 aromatic rings. The lowest BCUT2D eigenvalue weighted by Crippen LogP contribution is -2.22. The lowest BCUT2D eigenvalue weighted by molar-refractivity contribution is 0.714. The monoisotopic (exact) mass is 712 g/mol. The van der Waals surface area contributed by atoms with E-state index in [1.807, 2.05) is 0 Å². The van der Waals surface area contributed by atoms with Crippen LogP contribution in [0.25, 0.3) is 88.5 Å². The molecule has 1 unspecified atom stereocenters. The van der Waals surface area contributed by atoms with Gasteiger partial charge in [-0.2, -0.15) is 0 Å². The lowest BCUT2D eigenvalue weighted by atomic mass is 9.74. The average Bonchev–Trinajstić information content (AvgIpc) is 3.54. The predicted octanol–water partition coefficient (Wildman–Crippen LogP) is 13.9. The average molecular weight is 713 g/mol. The molecule has 0 spiro atoms. The van der Waals surface area contributed by atoms with Gasteiger partial charge in [-0.15, -0.1) is 0 Å². The van der Waals surface area contributed by atoms with Crippen molar-refractivity contribution < 1.29 is 0 Å². The van der Waals surface area contributed by atoms with E-state index >= 15 is 0 Å². The van der Waals surface area contributed by atoms with Crippen LogP contribution in [0, 0.1) is 0 Å². The van der Waals surface area contributed by atoms with Gasteiger partial charge in [-0.3, -0.25) is 0 Å². The van der Waals surface area contributed by atoms with Gasteiger partial charge < -0.3 is 0 Å². The van der Waals surface area contributed by atoms with Gasteiger partial charge in [0.25, 0.3) is 0 Å². The van der Waals surface area contributed by atoms with E-state index in [-0.39, 0.29) is 5.41 Å². The van der Waals surface area contributed by atoms with Crippen molar-refractivity contribution in [3.05, 3.63) is 217 Å². The van der Waals surface area contributed by atoms with Crippen LogP contribution in [0.15, 0.2) is 200 Å². The summed E-state index contributed by atoms with van der Waals surface area (Å²) >= 11 is 0. The van der Waals surface area contributed by atoms with Crippen molar-refractivity contribution >= 4 is 32.3 Å². The number of nitrogens with zero attached hydrogens (tertiary/aromatic N) is 2. The van der Waals surface area contributed by atoms with Crippen LogP contribution in [0.4, 0.5) is 0 Å². The van der Waals surface area contributed by atoms with Gasteiger partial charge in [0, 0.05) is 22.1 Å². The van der Waals surface area contributed by atoms with Gasteiger partial charge in [0.05, 0.1) is 11.4 Å². The second kappa shape index (κ2) is 12.7. The van der Waals surface area contributed by atoms with Crippen LogP contribution in [-0.2, 0) is 5.41 Å². The molecule has 11 rings (SSSR count). The maximum Gasteiger partial charge on any atom is 0.160 e. The fraction of sp³-hybridized carbons (Fsp3) is 0.0370. The smallest absolute Gasteiger partial charge is 0.160 e. The molecule has 56 heavy (non-hydrogen) atoms. The minimum absolute atomic E-state index is 0.317. The maximum atomic E-state index is 5.49. The standard InChI is InChI=1S/C54H36N2/c1-54(40-19-6-3-7-20-40)47-25-13-12-23-44(47)51-45(24-14-26-48(51)54)49-34-50(56-53(55-49)38-29-27-36(28-30-38)35-15-4-2-5-16-35)52-42-22-11-9-18-39(42)33-46-41-21-10-8-17-37(41)31-32-43(46)52/h2-34H,1H3. The molecule has 0 saturated carbocycles. The molecule has 262 valence electrons. The molecule has 0 N–H and O–H groups in total. The molecular formula is C54H36N2. The molecule has 1 aromatic heterocycles. The number of hydrogen-bond acceptors (Lipinski definition) is 2. The zero-order valence-electron chi connectivity index (χ0n) is 30.9. The Balaban J connectivity index is 1.20. The molecule has 1 aliphatic carbocycles. The van der Waals surface area contributed by atoms with Crippen molar-refractivity contribution in [2.45, 2.75) is 12.3 Å². The van der Waals surface area contributed by atoms with Crippen LogP contribution < -0.4 is 0 Å². The summed E-state index contributed by atoms with van der Waals surface area (Å²) in [7, 11) is 0. The van der Waals surface area contributed by atoms with Gasteiger partial charge in [-0.25, -0.2) is 9.97 Å². The topological polar surface area (TPSA) is 25.8 Å². The van der Waals surface area contributed by atoms with Crippen molar-refractivity contribution in [2.24, 2.45) is 0 Å². The summed E-state index contributed by atoms with van der Waals surface area (Å²) in [4.78, 5) is 11.0. The van der Waals surface area contributed by atoms with Crippen molar-refractivity contribution in [3.63, 3.8) is 0 Å². The third-order valence-electron chi connectivity index (χ3n) is 12.0. The molecule has 0 amide bonds. The van der Waals surface area contributed by atoms with Crippen molar-refractivity contribution in [3.8, 4) is 56.2 Å². The predicted molar refractivity (Wildman–Crippen MR) is 234 cm³/mol. The molecule has 1 heterocycles. The molecular weight excluding hydrogens is 677 g/mol. The highest BCUT2D eigenvalue weighted by atomic mass is 14.9. The SMILES string of the molecule is CC1(c2ccccc2)c2ccccc2-c2c(-c3cc(-c4c5ccccc5cc5c4ccc4ccccc45)nc(-c4ccc(-c5ccccc5)cc4)n3)cccc21. The first-order chi connectivity index (χ1) is 27.6.